The summed E-state index contributed by atoms with van der Waals surface area (Å²) in [5.41, 5.74) is 2.24. The summed E-state index contributed by atoms with van der Waals surface area (Å²) in [4.78, 5) is 0. The van der Waals surface area contributed by atoms with Crippen molar-refractivity contribution in [2.45, 2.75) is 13.8 Å². The first kappa shape index (κ1) is 8.71. The quantitative estimate of drug-likeness (QED) is 0.385. The van der Waals surface area contributed by atoms with Gasteiger partial charge in [-0.1, -0.05) is 0 Å². The Kier molecular flexibility index (Phi) is 2.43. The first-order chi connectivity index (χ1) is 5.63. The summed E-state index contributed by atoms with van der Waals surface area (Å²) >= 11 is 0. The van der Waals surface area contributed by atoms with Gasteiger partial charge in [-0.3, -0.25) is 0 Å². The molecule has 0 saturated heterocycles. The van der Waals surface area contributed by atoms with Gasteiger partial charge in [0.2, 0.25) is 0 Å². The summed E-state index contributed by atoms with van der Waals surface area (Å²) in [7, 11) is 0. The van der Waals surface area contributed by atoms with Crippen LogP contribution in [0.5, 0.6) is 0 Å². The molecule has 0 radical (unpaired) electrons. The van der Waals surface area contributed by atoms with Crippen LogP contribution in [0, 0.1) is 12.7 Å². The Morgan fingerprint density at radius 1 is 1.42 bits per heavy atom. The molecule has 1 aromatic carbocycles. The second-order valence-electron chi connectivity index (χ2n) is 2.73. The van der Waals surface area contributed by atoms with Crippen molar-refractivity contribution in [2.75, 3.05) is 0 Å². The number of benzene rings is 1. The minimum atomic E-state index is -0.256. The van der Waals surface area contributed by atoms with E-state index in [4.69, 9.17) is 5.84 Å². The lowest BCUT2D eigenvalue weighted by molar-refractivity contribution is 0.626. The van der Waals surface area contributed by atoms with E-state index in [9.17, 15) is 4.39 Å². The molecule has 12 heavy (non-hydrogen) atoms. The second-order valence-corrected chi connectivity index (χ2v) is 2.73. The third-order valence-corrected chi connectivity index (χ3v) is 1.65. The number of aryl methyl sites for hydroxylation is 1. The summed E-state index contributed by atoms with van der Waals surface area (Å²) in [6.45, 7) is 3.57. The Balaban J connectivity index is 3.17. The van der Waals surface area contributed by atoms with Gasteiger partial charge in [-0.05, 0) is 37.6 Å². The summed E-state index contributed by atoms with van der Waals surface area (Å²) in [6.07, 6.45) is 0. The van der Waals surface area contributed by atoms with Crippen molar-refractivity contribution in [3.8, 4) is 0 Å². The van der Waals surface area contributed by atoms with E-state index < -0.39 is 0 Å². The smallest absolute Gasteiger partial charge is 0.124 e. The highest BCUT2D eigenvalue weighted by molar-refractivity contribution is 5.98. The average Bonchev–Trinajstić information content (AvgIpc) is 2.01. The van der Waals surface area contributed by atoms with E-state index in [2.05, 4.69) is 5.10 Å². The van der Waals surface area contributed by atoms with Gasteiger partial charge in [0, 0.05) is 5.56 Å². The molecule has 0 atom stereocenters. The summed E-state index contributed by atoms with van der Waals surface area (Å²) < 4.78 is 12.8. The van der Waals surface area contributed by atoms with Crippen LogP contribution in [0.1, 0.15) is 18.1 Å². The first-order valence-corrected chi connectivity index (χ1v) is 3.65. The van der Waals surface area contributed by atoms with Crippen molar-refractivity contribution >= 4 is 5.71 Å². The predicted molar refractivity (Wildman–Crippen MR) is 47.5 cm³/mol. The van der Waals surface area contributed by atoms with Crippen LogP contribution >= 0.6 is 0 Å². The molecule has 0 aromatic heterocycles. The fraction of sp³-hybridized carbons (Fsp3) is 0.222. The molecule has 0 amide bonds. The predicted octanol–water partition coefficient (Wildman–Crippen LogP) is 1.82. The highest BCUT2D eigenvalue weighted by Gasteiger charge is 2.00. The van der Waals surface area contributed by atoms with Gasteiger partial charge in [0.25, 0.3) is 0 Å². The van der Waals surface area contributed by atoms with Gasteiger partial charge in [0.05, 0.1) is 5.71 Å². The zero-order chi connectivity index (χ0) is 9.14. The first-order valence-electron chi connectivity index (χ1n) is 3.65. The zero-order valence-corrected chi connectivity index (χ0v) is 7.13. The van der Waals surface area contributed by atoms with Crippen molar-refractivity contribution in [2.24, 2.45) is 10.9 Å². The number of halogens is 1. The third-order valence-electron chi connectivity index (χ3n) is 1.65. The van der Waals surface area contributed by atoms with Gasteiger partial charge in [0.1, 0.15) is 5.82 Å². The van der Waals surface area contributed by atoms with E-state index in [-0.39, 0.29) is 5.82 Å². The lowest BCUT2D eigenvalue weighted by Gasteiger charge is -2.00. The van der Waals surface area contributed by atoms with E-state index in [1.54, 1.807) is 6.92 Å². The van der Waals surface area contributed by atoms with Crippen molar-refractivity contribution in [3.63, 3.8) is 0 Å². The fourth-order valence-electron chi connectivity index (χ4n) is 1.02. The van der Waals surface area contributed by atoms with Crippen molar-refractivity contribution < 1.29 is 4.39 Å². The second kappa shape index (κ2) is 3.34. The lowest BCUT2D eigenvalue weighted by atomic mass is 10.1. The maximum absolute atomic E-state index is 12.8. The van der Waals surface area contributed by atoms with Crippen molar-refractivity contribution in [3.05, 3.63) is 35.1 Å². The summed E-state index contributed by atoms with van der Waals surface area (Å²) in [5, 5.41) is 3.49. The molecule has 2 nitrogen and oxygen atoms in total. The Morgan fingerprint density at radius 3 is 2.58 bits per heavy atom. The van der Waals surface area contributed by atoms with Crippen LogP contribution in [0.2, 0.25) is 0 Å². The van der Waals surface area contributed by atoms with Gasteiger partial charge in [-0.25, -0.2) is 4.39 Å². The molecule has 0 fully saturated rings. The fourth-order valence-corrected chi connectivity index (χ4v) is 1.02. The molecule has 3 heteroatoms. The molecular formula is C9H11FN2. The molecule has 0 saturated carbocycles. The van der Waals surface area contributed by atoms with Gasteiger partial charge < -0.3 is 5.84 Å². The van der Waals surface area contributed by atoms with E-state index in [0.29, 0.717) is 5.71 Å². The number of hydrogen-bond acceptors (Lipinski definition) is 2. The van der Waals surface area contributed by atoms with E-state index in [1.165, 1.54) is 12.1 Å². The monoisotopic (exact) mass is 166 g/mol. The highest BCUT2D eigenvalue weighted by Crippen LogP contribution is 2.08. The SMILES string of the molecule is C/C(=N/N)c1cc(C)cc(F)c1. The topological polar surface area (TPSA) is 38.4 Å². The van der Waals surface area contributed by atoms with E-state index in [0.717, 1.165) is 11.1 Å². The Hall–Kier alpha value is -1.38. The molecule has 0 unspecified atom stereocenters. The Morgan fingerprint density at radius 2 is 2.08 bits per heavy atom. The van der Waals surface area contributed by atoms with Gasteiger partial charge in [-0.2, -0.15) is 5.10 Å². The average molecular weight is 166 g/mol. The molecule has 0 heterocycles. The molecular weight excluding hydrogens is 155 g/mol. The lowest BCUT2D eigenvalue weighted by Crippen LogP contribution is -1.99. The van der Waals surface area contributed by atoms with Crippen LogP contribution in [0.15, 0.2) is 23.3 Å². The van der Waals surface area contributed by atoms with Crippen LogP contribution in [0.4, 0.5) is 4.39 Å². The number of hydrazone groups is 1. The number of hydrogen-bond donors (Lipinski definition) is 1. The Labute approximate surface area is 70.9 Å². The van der Waals surface area contributed by atoms with Crippen LogP contribution < -0.4 is 5.84 Å². The molecule has 0 aliphatic carbocycles. The zero-order valence-electron chi connectivity index (χ0n) is 7.13. The largest absolute Gasteiger partial charge is 0.323 e. The number of rotatable bonds is 1. The van der Waals surface area contributed by atoms with E-state index >= 15 is 0 Å². The third kappa shape index (κ3) is 1.81. The molecule has 0 aliphatic heterocycles. The van der Waals surface area contributed by atoms with Crippen LogP contribution in [0.3, 0.4) is 0 Å². The molecule has 1 rings (SSSR count). The molecule has 1 aromatic rings. The molecule has 64 valence electrons. The molecule has 0 spiro atoms. The normalized spacial score (nSPS) is 11.8. The maximum atomic E-state index is 12.8. The van der Waals surface area contributed by atoms with Gasteiger partial charge in [0.15, 0.2) is 0 Å². The van der Waals surface area contributed by atoms with E-state index in [1.807, 2.05) is 13.0 Å². The van der Waals surface area contributed by atoms with Gasteiger partial charge in [-0.15, -0.1) is 0 Å². The van der Waals surface area contributed by atoms with Crippen LogP contribution in [0.25, 0.3) is 0 Å². The Bertz CT molecular complexity index is 298. The van der Waals surface area contributed by atoms with Crippen LogP contribution in [-0.4, -0.2) is 5.71 Å². The maximum Gasteiger partial charge on any atom is 0.124 e. The summed E-state index contributed by atoms with van der Waals surface area (Å²) in [6, 6.07) is 4.72. The number of nitrogens with two attached hydrogens (primary N) is 1. The molecule has 0 bridgehead atoms. The van der Waals surface area contributed by atoms with Crippen molar-refractivity contribution in [1.82, 2.24) is 0 Å². The van der Waals surface area contributed by atoms with Crippen LogP contribution in [-0.2, 0) is 0 Å². The highest BCUT2D eigenvalue weighted by atomic mass is 19.1. The number of nitrogens with zero attached hydrogens (tertiary/aromatic N) is 1. The summed E-state index contributed by atoms with van der Waals surface area (Å²) in [5.74, 6) is 4.81. The van der Waals surface area contributed by atoms with Gasteiger partial charge >= 0.3 is 0 Å². The minimum absolute atomic E-state index is 0.256. The standard InChI is InChI=1S/C9H11FN2/c1-6-3-8(7(2)12-11)5-9(10)4-6/h3-5H,11H2,1-2H3/b12-7-. The van der Waals surface area contributed by atoms with Crippen molar-refractivity contribution in [1.29, 1.82) is 0 Å². The molecule has 2 N–H and O–H groups in total. The minimum Gasteiger partial charge on any atom is -0.323 e. The molecule has 0 aliphatic rings.